The van der Waals surface area contributed by atoms with Crippen LogP contribution in [0.25, 0.3) is 0 Å². The van der Waals surface area contributed by atoms with Crippen LogP contribution in [0.4, 0.5) is 0 Å². The molecule has 0 aromatic heterocycles. The van der Waals surface area contributed by atoms with Crippen LogP contribution < -0.4 is 16.0 Å². The number of aliphatic hydroxyl groups is 20. The summed E-state index contributed by atoms with van der Waals surface area (Å²) in [7, 11) is 0. The molecule has 758 valence electrons. The second-order valence-corrected chi connectivity index (χ2v) is 35.9. The quantitative estimate of drug-likeness (QED) is 0.0265. The van der Waals surface area contributed by atoms with Crippen LogP contribution in [0, 0.1) is 0 Å². The van der Waals surface area contributed by atoms with Gasteiger partial charge in [0.25, 0.3) is 0 Å². The molecular formula is C90H161N3O37. The van der Waals surface area contributed by atoms with Crippen LogP contribution in [0.3, 0.4) is 0 Å². The predicted octanol–water partition coefficient (Wildman–Crippen LogP) is -0.675. The molecule has 23 N–H and O–H groups in total. The lowest BCUT2D eigenvalue weighted by Gasteiger charge is -2.52. The summed E-state index contributed by atoms with van der Waals surface area (Å²) >= 11 is 0. The molecule has 7 heterocycles. The van der Waals surface area contributed by atoms with Crippen LogP contribution in [0.5, 0.6) is 0 Å². The van der Waals surface area contributed by atoms with Gasteiger partial charge < -0.3 is 184 Å². The topological polar surface area (TPSA) is 621 Å². The zero-order valence-electron chi connectivity index (χ0n) is 76.5. The fourth-order valence-corrected chi connectivity index (χ4v) is 17.6. The predicted molar refractivity (Wildman–Crippen MR) is 462 cm³/mol. The van der Waals surface area contributed by atoms with Crippen LogP contribution in [0.15, 0.2) is 24.3 Å². The van der Waals surface area contributed by atoms with Gasteiger partial charge in [-0.05, 0) is 51.9 Å². The summed E-state index contributed by atoms with van der Waals surface area (Å²) < 4.78 is 84.5. The summed E-state index contributed by atoms with van der Waals surface area (Å²) in [6.45, 7) is 0.916. The SMILES string of the molecule is CCCCCCCC/C=C\CCCCCCCCCCCCCCCC(=O)N[C@@H](CO[C@@H]1OC(CO)[C@@H](O[C@@H]2OC(CO)[C@H](O[C@@H]3OC(CO)[C@H](O)[C@H](O[C@@H]4OC(CO)[C@H](O)[C@H](O[C@H]5OC(CO)[C@H](O)[C@H](O[C@@H]6OC(CO)[C@H](O)[C@H](O)C6NC(C)=O)C5O)C4O[C@H]4OC(C)[C@@H](O)C(O)[C@@H]4O)C3NC(C)=O)[C@H](O)C2O)[C@H](O)C1O)[C@H](O)/C=C/CCCCCCCCCCCCC. The average molecular weight is 1880 g/mol. The van der Waals surface area contributed by atoms with Crippen LogP contribution in [-0.4, -0.2) is 393 Å². The minimum Gasteiger partial charge on any atom is -0.394 e. The van der Waals surface area contributed by atoms with Crippen molar-refractivity contribution in [1.29, 1.82) is 0 Å². The fraction of sp³-hybridized carbons (Fsp3) is 0.922. The summed E-state index contributed by atoms with van der Waals surface area (Å²) in [5.41, 5.74) is 0. The van der Waals surface area contributed by atoms with E-state index in [1.165, 1.54) is 155 Å². The molecule has 0 spiro atoms. The number of unbranched alkanes of at least 4 members (excludes halogenated alkanes) is 30. The number of amides is 3. The second-order valence-electron chi connectivity index (χ2n) is 35.9. The number of nitrogens with one attached hydrogen (secondary N) is 3. The summed E-state index contributed by atoms with van der Waals surface area (Å²) in [6.07, 6.45) is -20.7. The third-order valence-electron chi connectivity index (χ3n) is 25.5. The third-order valence-corrected chi connectivity index (χ3v) is 25.5. The molecule has 14 unspecified atom stereocenters. The Hall–Kier alpha value is -3.47. The first-order valence-corrected chi connectivity index (χ1v) is 48.0. The Kier molecular flexibility index (Phi) is 53.3. The van der Waals surface area contributed by atoms with E-state index in [1.54, 1.807) is 6.08 Å². The van der Waals surface area contributed by atoms with Crippen molar-refractivity contribution >= 4 is 17.7 Å². The highest BCUT2D eigenvalue weighted by molar-refractivity contribution is 5.76. The van der Waals surface area contributed by atoms with E-state index in [4.69, 9.17) is 66.3 Å². The van der Waals surface area contributed by atoms with E-state index in [-0.39, 0.29) is 12.3 Å². The number of rotatable bonds is 61. The van der Waals surface area contributed by atoms with Gasteiger partial charge in [0.15, 0.2) is 44.0 Å². The molecule has 7 aliphatic rings. The molecule has 3 amide bonds. The first-order valence-electron chi connectivity index (χ1n) is 48.0. The third kappa shape index (κ3) is 34.8. The number of allylic oxidation sites excluding steroid dienone is 3. The van der Waals surface area contributed by atoms with E-state index in [9.17, 15) is 117 Å². The molecule has 7 aliphatic heterocycles. The second kappa shape index (κ2) is 61.1. The normalized spacial score (nSPS) is 37.3. The lowest BCUT2D eigenvalue weighted by Crippen LogP contribution is -2.71. The van der Waals surface area contributed by atoms with Crippen LogP contribution >= 0.6 is 0 Å². The summed E-state index contributed by atoms with van der Waals surface area (Å²) in [6, 6.07) is -4.70. The molecule has 7 fully saturated rings. The van der Waals surface area contributed by atoms with Gasteiger partial charge in [0, 0.05) is 20.3 Å². The molecule has 0 radical (unpaired) electrons. The smallest absolute Gasteiger partial charge is 0.220 e. The maximum Gasteiger partial charge on any atom is 0.220 e. The largest absolute Gasteiger partial charge is 0.394 e. The molecule has 40 heteroatoms. The maximum atomic E-state index is 13.7. The molecule has 0 aliphatic carbocycles. The molecule has 0 aromatic carbocycles. The minimum absolute atomic E-state index is 0.160. The van der Waals surface area contributed by atoms with Gasteiger partial charge in [-0.3, -0.25) is 14.4 Å². The van der Waals surface area contributed by atoms with Crippen LogP contribution in [0.1, 0.15) is 253 Å². The van der Waals surface area contributed by atoms with Crippen molar-refractivity contribution in [3.8, 4) is 0 Å². The molecule has 0 saturated carbocycles. The highest BCUT2D eigenvalue weighted by Gasteiger charge is 2.60. The van der Waals surface area contributed by atoms with Gasteiger partial charge in [0.05, 0.1) is 64.5 Å². The van der Waals surface area contributed by atoms with E-state index in [1.807, 2.05) is 6.08 Å². The first kappa shape index (κ1) is 114. The molecule has 0 bridgehead atoms. The first-order chi connectivity index (χ1) is 62.5. The van der Waals surface area contributed by atoms with E-state index in [0.29, 0.717) is 12.8 Å². The Labute approximate surface area is 763 Å². The maximum absolute atomic E-state index is 13.7. The Morgan fingerprint density at radius 1 is 0.315 bits per heavy atom. The number of ether oxygens (including phenoxy) is 14. The van der Waals surface area contributed by atoms with E-state index < -0.39 is 285 Å². The van der Waals surface area contributed by atoms with Gasteiger partial charge in [-0.2, -0.15) is 0 Å². The number of aliphatic hydroxyl groups excluding tert-OH is 20. The Morgan fingerprint density at radius 3 is 1.14 bits per heavy atom. The van der Waals surface area contributed by atoms with Gasteiger partial charge in [0.2, 0.25) is 17.7 Å². The molecule has 40 nitrogen and oxygen atoms in total. The number of hydrogen-bond acceptors (Lipinski definition) is 37. The zero-order valence-corrected chi connectivity index (χ0v) is 76.5. The summed E-state index contributed by atoms with van der Waals surface area (Å²) in [5, 5.41) is 234. The van der Waals surface area contributed by atoms with E-state index in [0.717, 1.165) is 65.2 Å². The molecule has 130 heavy (non-hydrogen) atoms. The lowest BCUT2D eigenvalue weighted by molar-refractivity contribution is -0.407. The van der Waals surface area contributed by atoms with Crippen molar-refractivity contribution in [1.82, 2.24) is 16.0 Å². The highest BCUT2D eigenvalue weighted by Crippen LogP contribution is 2.40. The van der Waals surface area contributed by atoms with Crippen molar-refractivity contribution in [2.24, 2.45) is 0 Å². The average Bonchev–Trinajstić information content (AvgIpc) is 0.779. The van der Waals surface area contributed by atoms with E-state index >= 15 is 0 Å². The van der Waals surface area contributed by atoms with E-state index in [2.05, 4.69) is 41.9 Å². The minimum atomic E-state index is -2.33. The van der Waals surface area contributed by atoms with Gasteiger partial charge in [-0.1, -0.05) is 205 Å². The van der Waals surface area contributed by atoms with Gasteiger partial charge >= 0.3 is 0 Å². The Morgan fingerprint density at radius 2 is 0.654 bits per heavy atom. The number of carbonyl (C=O) groups excluding carboxylic acids is 3. The molecule has 0 aromatic rings. The van der Waals surface area contributed by atoms with Crippen molar-refractivity contribution in [3.05, 3.63) is 24.3 Å². The van der Waals surface area contributed by atoms with Crippen LogP contribution in [-0.2, 0) is 80.7 Å². The van der Waals surface area contributed by atoms with Gasteiger partial charge in [-0.15, -0.1) is 0 Å². The molecular weight excluding hydrogens is 1710 g/mol. The van der Waals surface area contributed by atoms with Crippen LogP contribution in [0.2, 0.25) is 0 Å². The number of carbonyl (C=O) groups is 3. The molecule has 37 atom stereocenters. The van der Waals surface area contributed by atoms with Crippen molar-refractivity contribution < 1.29 is 183 Å². The lowest BCUT2D eigenvalue weighted by atomic mass is 9.93. The fourth-order valence-electron chi connectivity index (χ4n) is 17.6. The highest BCUT2D eigenvalue weighted by atomic mass is 16.8. The van der Waals surface area contributed by atoms with Crippen molar-refractivity contribution in [3.63, 3.8) is 0 Å². The standard InChI is InChI=1S/C90H161N3O37/c1-6-8-10-12-14-16-18-20-21-22-23-24-25-26-27-28-29-31-33-35-37-39-41-43-62(103)93-54(55(102)42-40-38-36-34-32-30-19-17-15-13-11-9-7-2)50-117-86-75(114)72(111)79(60(48-98)123-86)126-88-76(115)73(112)78(61(49-99)124-88)125-85-64(92-53(5)101)80(67(106)57(45-95)120-85)127-90-83(130-87-74(113)71(110)65(104)51(3)118-87)82(69(108)59(47-97)122-90)129-89-77(116)81(68(107)58(46-96)121-89)128-84-63(91-52(4)100)70(109)66(105)56(44-94)119-84/h20-21,40,42,51,54-61,63-90,94-99,102,104-116H,6-19,22-39,41,43-50H2,1-5H3,(H,91,100)(H,92,101)(H,93,103)/b21-20-,42-40+/t51?,54-,55+,56?,57?,58?,59?,60?,61?,63?,64?,65+,66-,67-,68-,69-,70+,71?,72+,73+,74-,75?,76?,77?,78-,79+,80+,81-,82-,83?,84-,85-,86+,87+,88-,89+,90-/m0/s1. The monoisotopic (exact) mass is 1880 g/mol. The Balaban J connectivity index is 1.00. The molecule has 7 rings (SSSR count). The van der Waals surface area contributed by atoms with Gasteiger partial charge in [-0.25, -0.2) is 0 Å². The number of hydrogen-bond donors (Lipinski definition) is 23. The Bertz CT molecular complexity index is 3110. The van der Waals surface area contributed by atoms with Crippen molar-refractivity contribution in [2.45, 2.75) is 480 Å². The van der Waals surface area contributed by atoms with Crippen molar-refractivity contribution in [2.75, 3.05) is 46.2 Å². The zero-order chi connectivity index (χ0) is 94.9. The van der Waals surface area contributed by atoms with Gasteiger partial charge in [0.1, 0.15) is 165 Å². The molecule has 7 saturated heterocycles. The summed E-state index contributed by atoms with van der Waals surface area (Å²) in [5.74, 6) is -2.08. The summed E-state index contributed by atoms with van der Waals surface area (Å²) in [4.78, 5) is 39.4.